The molecule has 2 rings (SSSR count). The molecule has 0 aliphatic heterocycles. The maximum absolute atomic E-state index is 12.2. The molecule has 20 heavy (non-hydrogen) atoms. The number of aromatic nitrogens is 3. The summed E-state index contributed by atoms with van der Waals surface area (Å²) in [6.07, 6.45) is 1.52. The van der Waals surface area contributed by atoms with Gasteiger partial charge in [0, 0.05) is 18.5 Å². The summed E-state index contributed by atoms with van der Waals surface area (Å²) in [5, 5.41) is 7.01. The van der Waals surface area contributed by atoms with Crippen LogP contribution in [0.1, 0.15) is 10.7 Å². The first-order chi connectivity index (χ1) is 9.42. The van der Waals surface area contributed by atoms with Crippen LogP contribution in [0, 0.1) is 0 Å². The van der Waals surface area contributed by atoms with Gasteiger partial charge in [-0.1, -0.05) is 0 Å². The van der Waals surface area contributed by atoms with Gasteiger partial charge in [0.15, 0.2) is 5.82 Å². The van der Waals surface area contributed by atoms with Crippen LogP contribution in [0.5, 0.6) is 0 Å². The number of rotatable bonds is 6. The molecule has 0 bridgehead atoms. The van der Waals surface area contributed by atoms with E-state index < -0.39 is 10.0 Å². The SMILES string of the molecule is CNCc1cc(S(=O)(=O)NCc2ncn(C)n2)c(Br)s1. The summed E-state index contributed by atoms with van der Waals surface area (Å²) in [4.78, 5) is 5.16. The molecule has 2 aromatic heterocycles. The number of sulfonamides is 1. The number of nitrogens with one attached hydrogen (secondary N) is 2. The van der Waals surface area contributed by atoms with E-state index in [1.807, 2.05) is 7.05 Å². The molecule has 0 amide bonds. The van der Waals surface area contributed by atoms with Crippen molar-refractivity contribution in [1.82, 2.24) is 24.8 Å². The molecule has 0 spiro atoms. The highest BCUT2D eigenvalue weighted by atomic mass is 79.9. The first kappa shape index (κ1) is 15.6. The molecule has 0 aliphatic carbocycles. The first-order valence-electron chi connectivity index (χ1n) is 5.69. The highest BCUT2D eigenvalue weighted by Crippen LogP contribution is 2.31. The maximum atomic E-state index is 12.2. The third kappa shape index (κ3) is 3.64. The molecule has 0 aliphatic rings. The number of hydrogen-bond acceptors (Lipinski definition) is 6. The van der Waals surface area contributed by atoms with Crippen LogP contribution in [0.4, 0.5) is 0 Å². The predicted molar refractivity (Wildman–Crippen MR) is 79.8 cm³/mol. The van der Waals surface area contributed by atoms with E-state index in [9.17, 15) is 8.42 Å². The standard InChI is InChI=1S/C10H14BrN5O2S2/c1-12-4-7-3-8(10(11)19-7)20(17,18)14-5-9-13-6-16(2)15-9/h3,6,12,14H,4-5H2,1-2H3. The first-order valence-corrected chi connectivity index (χ1v) is 8.78. The maximum Gasteiger partial charge on any atom is 0.242 e. The minimum atomic E-state index is -3.58. The van der Waals surface area contributed by atoms with Crippen molar-refractivity contribution >= 4 is 37.3 Å². The Bertz CT molecular complexity index is 694. The van der Waals surface area contributed by atoms with Gasteiger partial charge in [0.05, 0.1) is 10.3 Å². The van der Waals surface area contributed by atoms with Crippen LogP contribution < -0.4 is 10.0 Å². The lowest BCUT2D eigenvalue weighted by molar-refractivity contribution is 0.578. The van der Waals surface area contributed by atoms with Gasteiger partial charge >= 0.3 is 0 Å². The van der Waals surface area contributed by atoms with Gasteiger partial charge in [-0.05, 0) is 29.0 Å². The second kappa shape index (κ2) is 6.31. The van der Waals surface area contributed by atoms with Crippen molar-refractivity contribution in [2.45, 2.75) is 18.0 Å². The Balaban J connectivity index is 2.13. The summed E-state index contributed by atoms with van der Waals surface area (Å²) in [6.45, 7) is 0.688. The second-order valence-electron chi connectivity index (χ2n) is 4.04. The number of aryl methyl sites for hydroxylation is 1. The molecule has 0 saturated carbocycles. The Kier molecular flexibility index (Phi) is 4.91. The van der Waals surface area contributed by atoms with Gasteiger partial charge in [0.1, 0.15) is 11.2 Å². The zero-order valence-electron chi connectivity index (χ0n) is 10.9. The molecule has 10 heteroatoms. The van der Waals surface area contributed by atoms with Crippen LogP contribution in [0.25, 0.3) is 0 Å². The van der Waals surface area contributed by atoms with E-state index >= 15 is 0 Å². The fraction of sp³-hybridized carbons (Fsp3) is 0.400. The average molecular weight is 380 g/mol. The van der Waals surface area contributed by atoms with Crippen LogP contribution in [0.2, 0.25) is 0 Å². The van der Waals surface area contributed by atoms with E-state index in [0.717, 1.165) is 4.88 Å². The van der Waals surface area contributed by atoms with Crippen molar-refractivity contribution in [2.24, 2.45) is 7.05 Å². The smallest absolute Gasteiger partial charge is 0.242 e. The van der Waals surface area contributed by atoms with Gasteiger partial charge in [-0.2, -0.15) is 5.10 Å². The lowest BCUT2D eigenvalue weighted by atomic mass is 10.5. The van der Waals surface area contributed by atoms with Crippen molar-refractivity contribution in [3.63, 3.8) is 0 Å². The molecule has 110 valence electrons. The Morgan fingerprint density at radius 2 is 2.20 bits per heavy atom. The second-order valence-corrected chi connectivity index (χ2v) is 8.23. The average Bonchev–Trinajstić information content (AvgIpc) is 2.94. The predicted octanol–water partition coefficient (Wildman–Crippen LogP) is 0.837. The largest absolute Gasteiger partial charge is 0.315 e. The van der Waals surface area contributed by atoms with Crippen LogP contribution in [-0.2, 0) is 30.2 Å². The fourth-order valence-electron chi connectivity index (χ4n) is 1.54. The molecule has 2 heterocycles. The summed E-state index contributed by atoms with van der Waals surface area (Å²) in [5.74, 6) is 0.429. The van der Waals surface area contributed by atoms with Crippen LogP contribution in [0.15, 0.2) is 21.1 Å². The van der Waals surface area contributed by atoms with E-state index in [0.29, 0.717) is 16.2 Å². The molecule has 0 atom stereocenters. The van der Waals surface area contributed by atoms with Gasteiger partial charge in [0.25, 0.3) is 0 Å². The van der Waals surface area contributed by atoms with Crippen molar-refractivity contribution in [3.8, 4) is 0 Å². The summed E-state index contributed by atoms with van der Waals surface area (Å²) >= 11 is 4.68. The minimum Gasteiger partial charge on any atom is -0.315 e. The van der Waals surface area contributed by atoms with E-state index in [2.05, 4.69) is 36.1 Å². The number of thiophene rings is 1. The molecule has 0 radical (unpaired) electrons. The molecule has 0 fully saturated rings. The Morgan fingerprint density at radius 1 is 1.45 bits per heavy atom. The van der Waals surface area contributed by atoms with Crippen molar-refractivity contribution in [3.05, 3.63) is 26.9 Å². The van der Waals surface area contributed by atoms with E-state index in [1.165, 1.54) is 22.3 Å². The normalized spacial score (nSPS) is 11.9. The molecular weight excluding hydrogens is 366 g/mol. The highest BCUT2D eigenvalue weighted by Gasteiger charge is 2.21. The molecule has 0 saturated heterocycles. The number of hydrogen-bond donors (Lipinski definition) is 2. The number of nitrogens with zero attached hydrogens (tertiary/aromatic N) is 3. The molecule has 2 aromatic rings. The van der Waals surface area contributed by atoms with Crippen LogP contribution in [0.3, 0.4) is 0 Å². The lowest BCUT2D eigenvalue weighted by Crippen LogP contribution is -2.23. The number of halogens is 1. The van der Waals surface area contributed by atoms with E-state index in [-0.39, 0.29) is 11.4 Å². The summed E-state index contributed by atoms with van der Waals surface area (Å²) in [7, 11) is -0.0419. The van der Waals surface area contributed by atoms with E-state index in [4.69, 9.17) is 0 Å². The summed E-state index contributed by atoms with van der Waals surface area (Å²) < 4.78 is 29.1. The van der Waals surface area contributed by atoms with Crippen molar-refractivity contribution in [2.75, 3.05) is 7.05 Å². The zero-order chi connectivity index (χ0) is 14.8. The molecule has 2 N–H and O–H groups in total. The molecule has 7 nitrogen and oxygen atoms in total. The quantitative estimate of drug-likeness (QED) is 0.775. The third-order valence-electron chi connectivity index (χ3n) is 2.41. The summed E-state index contributed by atoms with van der Waals surface area (Å²) in [5.41, 5.74) is 0. The Labute approximate surface area is 129 Å². The molecule has 0 unspecified atom stereocenters. The van der Waals surface area contributed by atoms with Gasteiger partial charge in [-0.25, -0.2) is 18.1 Å². The lowest BCUT2D eigenvalue weighted by Gasteiger charge is -2.03. The van der Waals surface area contributed by atoms with E-state index in [1.54, 1.807) is 13.1 Å². The van der Waals surface area contributed by atoms with Gasteiger partial charge < -0.3 is 5.32 Å². The monoisotopic (exact) mass is 379 g/mol. The topological polar surface area (TPSA) is 88.9 Å². The zero-order valence-corrected chi connectivity index (χ0v) is 14.1. The van der Waals surface area contributed by atoms with Crippen LogP contribution >= 0.6 is 27.3 Å². The van der Waals surface area contributed by atoms with Crippen molar-refractivity contribution in [1.29, 1.82) is 0 Å². The Hall–Kier alpha value is -0.810. The van der Waals surface area contributed by atoms with Gasteiger partial charge in [0.2, 0.25) is 10.0 Å². The highest BCUT2D eigenvalue weighted by molar-refractivity contribution is 9.11. The fourth-order valence-corrected chi connectivity index (χ4v) is 5.22. The summed E-state index contributed by atoms with van der Waals surface area (Å²) in [6, 6.07) is 1.65. The minimum absolute atomic E-state index is 0.0623. The van der Waals surface area contributed by atoms with Crippen LogP contribution in [-0.4, -0.2) is 30.2 Å². The van der Waals surface area contributed by atoms with Crippen molar-refractivity contribution < 1.29 is 8.42 Å². The Morgan fingerprint density at radius 3 is 2.80 bits per heavy atom. The van der Waals surface area contributed by atoms with Gasteiger partial charge in [-0.15, -0.1) is 11.3 Å². The third-order valence-corrected chi connectivity index (χ3v) is 6.07. The molecular formula is C10H14BrN5O2S2. The van der Waals surface area contributed by atoms with Gasteiger partial charge in [-0.3, -0.25) is 4.68 Å². The molecule has 0 aromatic carbocycles.